The number of carbonyl (C=O) groups is 2. The Morgan fingerprint density at radius 3 is 2.02 bits per heavy atom. The van der Waals surface area contributed by atoms with E-state index < -0.39 is 34.3 Å². The monoisotopic (exact) mass is 629 g/mol. The Kier molecular flexibility index (Phi) is 11.5. The van der Waals surface area contributed by atoms with Crippen molar-refractivity contribution >= 4 is 27.5 Å². The van der Waals surface area contributed by atoms with Gasteiger partial charge in [-0.15, -0.1) is 0 Å². The lowest BCUT2D eigenvalue weighted by atomic mass is 10.0. The third-order valence-electron chi connectivity index (χ3n) is 7.47. The first-order valence-corrected chi connectivity index (χ1v) is 16.6. The van der Waals surface area contributed by atoms with Crippen LogP contribution in [0.25, 0.3) is 0 Å². The van der Waals surface area contributed by atoms with E-state index in [0.717, 1.165) is 15.4 Å². The van der Waals surface area contributed by atoms with E-state index in [1.807, 2.05) is 63.2 Å². The molecule has 0 aliphatic carbocycles. The molecule has 4 aromatic carbocycles. The molecular formula is C36H40FN3O4S. The number of halogens is 1. The molecule has 2 amide bonds. The van der Waals surface area contributed by atoms with Gasteiger partial charge in [-0.25, -0.2) is 12.8 Å². The van der Waals surface area contributed by atoms with Crippen LogP contribution in [-0.4, -0.2) is 44.3 Å². The van der Waals surface area contributed by atoms with Crippen LogP contribution < -0.4 is 9.62 Å². The standard InChI is InChI=1S/C36H40FN3O4S/c1-4-30-15-11-12-18-33(30)40(45(43,44)32-16-9-6-10-17-32)26-35(41)39(25-29-19-21-31(37)22-20-29)34(36(42)38-24-27(2)3)23-28-13-7-5-8-14-28/h5-22,27,34H,4,23-26H2,1-3H3,(H,38,42)/t34-/m0/s1. The molecule has 0 spiro atoms. The second-order valence-electron chi connectivity index (χ2n) is 11.3. The molecule has 0 heterocycles. The number of para-hydroxylation sites is 1. The summed E-state index contributed by atoms with van der Waals surface area (Å²) in [7, 11) is -4.18. The summed E-state index contributed by atoms with van der Waals surface area (Å²) in [6, 6.07) is 29.2. The molecule has 0 unspecified atom stereocenters. The van der Waals surface area contributed by atoms with Crippen LogP contribution in [0.5, 0.6) is 0 Å². The van der Waals surface area contributed by atoms with E-state index >= 15 is 0 Å². The molecule has 4 rings (SSSR count). The van der Waals surface area contributed by atoms with Crippen LogP contribution in [0, 0.1) is 11.7 Å². The first-order valence-electron chi connectivity index (χ1n) is 15.1. The van der Waals surface area contributed by atoms with Crippen LogP contribution in [0.3, 0.4) is 0 Å². The molecule has 0 fully saturated rings. The largest absolute Gasteiger partial charge is 0.354 e. The minimum atomic E-state index is -4.18. The number of benzene rings is 4. The van der Waals surface area contributed by atoms with Crippen LogP contribution in [0.1, 0.15) is 37.5 Å². The van der Waals surface area contributed by atoms with Gasteiger partial charge < -0.3 is 10.2 Å². The molecule has 1 N–H and O–H groups in total. The number of aryl methyl sites for hydroxylation is 1. The molecule has 0 saturated carbocycles. The van der Waals surface area contributed by atoms with Gasteiger partial charge in [0.05, 0.1) is 10.6 Å². The molecule has 0 saturated heterocycles. The van der Waals surface area contributed by atoms with E-state index in [2.05, 4.69) is 5.32 Å². The van der Waals surface area contributed by atoms with Crippen molar-refractivity contribution in [3.63, 3.8) is 0 Å². The highest BCUT2D eigenvalue weighted by Gasteiger charge is 2.35. The Morgan fingerprint density at radius 2 is 1.40 bits per heavy atom. The van der Waals surface area contributed by atoms with E-state index in [0.29, 0.717) is 24.2 Å². The zero-order valence-electron chi connectivity index (χ0n) is 25.9. The van der Waals surface area contributed by atoms with Gasteiger partial charge in [0.25, 0.3) is 10.0 Å². The predicted octanol–water partition coefficient (Wildman–Crippen LogP) is 6.00. The first kappa shape index (κ1) is 33.4. The quantitative estimate of drug-likeness (QED) is 0.186. The fourth-order valence-corrected chi connectivity index (χ4v) is 6.52. The van der Waals surface area contributed by atoms with E-state index in [4.69, 9.17) is 0 Å². The van der Waals surface area contributed by atoms with E-state index in [-0.39, 0.29) is 29.7 Å². The lowest BCUT2D eigenvalue weighted by Crippen LogP contribution is -2.53. The summed E-state index contributed by atoms with van der Waals surface area (Å²) < 4.78 is 43.3. The molecule has 4 aromatic rings. The third-order valence-corrected chi connectivity index (χ3v) is 9.25. The molecular weight excluding hydrogens is 589 g/mol. The van der Waals surface area contributed by atoms with E-state index in [1.165, 1.54) is 29.2 Å². The van der Waals surface area contributed by atoms with Crippen molar-refractivity contribution in [3.8, 4) is 0 Å². The molecule has 1 atom stereocenters. The number of nitrogens with zero attached hydrogens (tertiary/aromatic N) is 2. The number of rotatable bonds is 14. The zero-order valence-corrected chi connectivity index (χ0v) is 26.7. The van der Waals surface area contributed by atoms with Gasteiger partial charge in [0.15, 0.2) is 0 Å². The summed E-state index contributed by atoms with van der Waals surface area (Å²) in [6.07, 6.45) is 0.743. The maximum absolute atomic E-state index is 14.5. The Morgan fingerprint density at radius 1 is 0.800 bits per heavy atom. The normalized spacial score (nSPS) is 12.0. The SMILES string of the molecule is CCc1ccccc1N(CC(=O)N(Cc1ccc(F)cc1)[C@@H](Cc1ccccc1)C(=O)NCC(C)C)S(=O)(=O)c1ccccc1. The number of nitrogens with one attached hydrogen (secondary N) is 1. The number of anilines is 1. The van der Waals surface area contributed by atoms with Gasteiger partial charge in [-0.05, 0) is 59.4 Å². The highest BCUT2D eigenvalue weighted by atomic mass is 32.2. The van der Waals surface area contributed by atoms with Crippen molar-refractivity contribution in [2.75, 3.05) is 17.4 Å². The smallest absolute Gasteiger partial charge is 0.264 e. The van der Waals surface area contributed by atoms with Crippen molar-refractivity contribution < 1.29 is 22.4 Å². The average Bonchev–Trinajstić information content (AvgIpc) is 3.05. The maximum atomic E-state index is 14.5. The molecule has 0 aliphatic heterocycles. The van der Waals surface area contributed by atoms with E-state index in [9.17, 15) is 22.4 Å². The Bertz CT molecular complexity index is 1660. The van der Waals surface area contributed by atoms with Crippen LogP contribution in [0.2, 0.25) is 0 Å². The van der Waals surface area contributed by atoms with Crippen molar-refractivity contribution in [1.29, 1.82) is 0 Å². The average molecular weight is 630 g/mol. The van der Waals surface area contributed by atoms with Crippen molar-refractivity contribution in [2.24, 2.45) is 5.92 Å². The van der Waals surface area contributed by atoms with Crippen molar-refractivity contribution in [2.45, 2.75) is 51.1 Å². The summed E-state index contributed by atoms with van der Waals surface area (Å²) in [5, 5.41) is 2.97. The Labute approximate surface area is 265 Å². The van der Waals surface area contributed by atoms with Crippen LogP contribution >= 0.6 is 0 Å². The highest BCUT2D eigenvalue weighted by Crippen LogP contribution is 2.28. The number of sulfonamides is 1. The van der Waals surface area contributed by atoms with Crippen molar-refractivity contribution in [1.82, 2.24) is 10.2 Å². The Balaban J connectivity index is 1.81. The molecule has 45 heavy (non-hydrogen) atoms. The lowest BCUT2D eigenvalue weighted by molar-refractivity contribution is -0.140. The summed E-state index contributed by atoms with van der Waals surface area (Å²) in [4.78, 5) is 29.8. The topological polar surface area (TPSA) is 86.8 Å². The molecule has 0 bridgehead atoms. The van der Waals surface area contributed by atoms with E-state index in [1.54, 1.807) is 42.5 Å². The minimum Gasteiger partial charge on any atom is -0.354 e. The van der Waals surface area contributed by atoms with Gasteiger partial charge >= 0.3 is 0 Å². The molecule has 0 radical (unpaired) electrons. The molecule has 9 heteroatoms. The first-order chi connectivity index (χ1) is 21.6. The molecule has 0 aliphatic rings. The summed E-state index contributed by atoms with van der Waals surface area (Å²) >= 11 is 0. The fourth-order valence-electron chi connectivity index (χ4n) is 5.05. The van der Waals surface area contributed by atoms with Gasteiger partial charge in [-0.3, -0.25) is 13.9 Å². The van der Waals surface area contributed by atoms with Gasteiger partial charge in [-0.1, -0.05) is 99.6 Å². The maximum Gasteiger partial charge on any atom is 0.264 e. The van der Waals surface area contributed by atoms with Crippen molar-refractivity contribution in [3.05, 3.63) is 132 Å². The molecule has 0 aromatic heterocycles. The minimum absolute atomic E-state index is 0.0274. The van der Waals surface area contributed by atoms with Crippen LogP contribution in [0.4, 0.5) is 10.1 Å². The van der Waals surface area contributed by atoms with Gasteiger partial charge in [0, 0.05) is 19.5 Å². The fraction of sp³-hybridized carbons (Fsp3) is 0.278. The number of carbonyl (C=O) groups excluding carboxylic acids is 2. The summed E-state index contributed by atoms with van der Waals surface area (Å²) in [5.74, 6) is -1.17. The third kappa shape index (κ3) is 8.79. The second-order valence-corrected chi connectivity index (χ2v) is 13.2. The zero-order chi connectivity index (χ0) is 32.4. The van der Waals surface area contributed by atoms with Gasteiger partial charge in [0.1, 0.15) is 18.4 Å². The summed E-state index contributed by atoms with van der Waals surface area (Å²) in [6.45, 7) is 5.71. The number of hydrogen-bond donors (Lipinski definition) is 1. The number of hydrogen-bond acceptors (Lipinski definition) is 4. The second kappa shape index (κ2) is 15.5. The molecule has 236 valence electrons. The Hall–Kier alpha value is -4.50. The lowest BCUT2D eigenvalue weighted by Gasteiger charge is -2.34. The predicted molar refractivity (Wildman–Crippen MR) is 176 cm³/mol. The molecule has 7 nitrogen and oxygen atoms in total. The van der Waals surface area contributed by atoms with Gasteiger partial charge in [0.2, 0.25) is 11.8 Å². The summed E-state index contributed by atoms with van der Waals surface area (Å²) in [5.41, 5.74) is 2.59. The van der Waals surface area contributed by atoms with Crippen LogP contribution in [-0.2, 0) is 39.0 Å². The number of amides is 2. The van der Waals surface area contributed by atoms with Gasteiger partial charge in [-0.2, -0.15) is 0 Å². The highest BCUT2D eigenvalue weighted by molar-refractivity contribution is 7.92. The van der Waals surface area contributed by atoms with Crippen LogP contribution in [0.15, 0.2) is 114 Å².